The number of nitrogens with zero attached hydrogens (tertiary/aromatic N) is 1. The summed E-state index contributed by atoms with van der Waals surface area (Å²) < 4.78 is 0. The van der Waals surface area contributed by atoms with Gasteiger partial charge in [0.25, 0.3) is 0 Å². The van der Waals surface area contributed by atoms with Crippen molar-refractivity contribution in [1.82, 2.24) is 5.32 Å². The van der Waals surface area contributed by atoms with Crippen LogP contribution in [0.5, 0.6) is 0 Å². The highest BCUT2D eigenvalue weighted by Gasteiger charge is 2.52. The van der Waals surface area contributed by atoms with Gasteiger partial charge < -0.3 is 16.3 Å². The van der Waals surface area contributed by atoms with E-state index in [1.807, 2.05) is 13.8 Å². The molecule has 0 heterocycles. The number of hydrogen-bond acceptors (Lipinski definition) is 3. The van der Waals surface area contributed by atoms with Gasteiger partial charge in [-0.05, 0) is 24.7 Å². The average molecular weight is 227 g/mol. The van der Waals surface area contributed by atoms with Crippen LogP contribution in [-0.4, -0.2) is 23.5 Å². The molecule has 0 spiro atoms. The van der Waals surface area contributed by atoms with Crippen molar-refractivity contribution < 1.29 is 10.0 Å². The maximum absolute atomic E-state index is 12.0. The van der Waals surface area contributed by atoms with Crippen LogP contribution in [0.2, 0.25) is 0 Å². The number of nitrogens with one attached hydrogen (secondary N) is 1. The molecule has 92 valence electrons. The molecule has 0 aromatic carbocycles. The smallest absolute Gasteiger partial charge is 0.233 e. The monoisotopic (exact) mass is 227 g/mol. The van der Waals surface area contributed by atoms with E-state index in [-0.39, 0.29) is 11.7 Å². The number of carbonyl (C=O) groups is 1. The quantitative estimate of drug-likeness (QED) is 0.289. The molecule has 5 nitrogen and oxygen atoms in total. The minimum atomic E-state index is -0.775. The summed E-state index contributed by atoms with van der Waals surface area (Å²) >= 11 is 0. The van der Waals surface area contributed by atoms with E-state index in [4.69, 9.17) is 10.9 Å². The first-order valence-electron chi connectivity index (χ1n) is 5.68. The number of amidine groups is 1. The van der Waals surface area contributed by atoms with Crippen molar-refractivity contribution in [3.05, 3.63) is 0 Å². The van der Waals surface area contributed by atoms with Crippen molar-refractivity contribution in [3.63, 3.8) is 0 Å². The zero-order chi connectivity index (χ0) is 12.3. The summed E-state index contributed by atoms with van der Waals surface area (Å²) in [7, 11) is 0. The van der Waals surface area contributed by atoms with Crippen LogP contribution in [0, 0.1) is 17.3 Å². The van der Waals surface area contributed by atoms with Crippen LogP contribution in [0.25, 0.3) is 0 Å². The second-order valence-electron chi connectivity index (χ2n) is 5.18. The van der Waals surface area contributed by atoms with E-state index >= 15 is 0 Å². The molecular weight excluding hydrogens is 206 g/mol. The van der Waals surface area contributed by atoms with Crippen molar-refractivity contribution in [2.45, 2.75) is 33.6 Å². The molecule has 1 rings (SSSR count). The molecule has 0 saturated heterocycles. The molecule has 0 unspecified atom stereocenters. The molecule has 1 fully saturated rings. The molecule has 1 amide bonds. The molecule has 0 aromatic rings. The molecule has 0 aliphatic heterocycles. The van der Waals surface area contributed by atoms with Crippen LogP contribution >= 0.6 is 0 Å². The van der Waals surface area contributed by atoms with E-state index in [9.17, 15) is 4.79 Å². The fourth-order valence-corrected chi connectivity index (χ4v) is 2.20. The van der Waals surface area contributed by atoms with E-state index in [1.54, 1.807) is 0 Å². The summed E-state index contributed by atoms with van der Waals surface area (Å²) in [5, 5.41) is 14.6. The molecule has 4 N–H and O–H groups in total. The maximum Gasteiger partial charge on any atom is 0.233 e. The van der Waals surface area contributed by atoms with Gasteiger partial charge in [0.15, 0.2) is 5.84 Å². The maximum atomic E-state index is 12.0. The number of amides is 1. The lowest BCUT2D eigenvalue weighted by Gasteiger charge is -2.43. The van der Waals surface area contributed by atoms with Gasteiger partial charge in [0, 0.05) is 6.54 Å². The number of carbonyl (C=O) groups excluding carboxylic acids is 1. The van der Waals surface area contributed by atoms with Gasteiger partial charge in [-0.1, -0.05) is 25.9 Å². The molecule has 0 bridgehead atoms. The molecule has 1 saturated carbocycles. The van der Waals surface area contributed by atoms with Crippen molar-refractivity contribution in [1.29, 1.82) is 0 Å². The largest absolute Gasteiger partial charge is 0.409 e. The number of rotatable bonds is 4. The van der Waals surface area contributed by atoms with E-state index < -0.39 is 5.41 Å². The molecule has 1 aliphatic rings. The standard InChI is InChI=1S/C11H21N3O2/c1-7(2)6-13-10(15)11(9(12)14-16)4-8(3)5-11/h7-8,16H,4-6H2,1-3H3,(H2,12,14)(H,13,15). The summed E-state index contributed by atoms with van der Waals surface area (Å²) in [6.07, 6.45) is 1.32. The van der Waals surface area contributed by atoms with Crippen LogP contribution < -0.4 is 11.1 Å². The highest BCUT2D eigenvalue weighted by molar-refractivity contribution is 6.07. The topological polar surface area (TPSA) is 87.7 Å². The normalized spacial score (nSPS) is 30.0. The minimum Gasteiger partial charge on any atom is -0.409 e. The number of nitrogens with two attached hydrogens (primary N) is 1. The lowest BCUT2D eigenvalue weighted by atomic mass is 9.61. The summed E-state index contributed by atoms with van der Waals surface area (Å²) in [5.74, 6) is 0.761. The predicted octanol–water partition coefficient (Wildman–Crippen LogP) is 0.921. The molecule has 1 aliphatic carbocycles. The second kappa shape index (κ2) is 4.72. The van der Waals surface area contributed by atoms with Crippen LogP contribution in [0.3, 0.4) is 0 Å². The molecule has 5 heteroatoms. The number of hydrogen-bond donors (Lipinski definition) is 3. The third-order valence-electron chi connectivity index (χ3n) is 3.10. The first-order chi connectivity index (χ1) is 7.42. The Bertz CT molecular complexity index is 294. The highest BCUT2D eigenvalue weighted by atomic mass is 16.4. The third kappa shape index (κ3) is 2.28. The Morgan fingerprint density at radius 2 is 2.19 bits per heavy atom. The fourth-order valence-electron chi connectivity index (χ4n) is 2.20. The van der Waals surface area contributed by atoms with Gasteiger partial charge in [-0.15, -0.1) is 0 Å². The Morgan fingerprint density at radius 1 is 1.62 bits per heavy atom. The second-order valence-corrected chi connectivity index (χ2v) is 5.18. The fraction of sp³-hybridized carbons (Fsp3) is 0.818. The third-order valence-corrected chi connectivity index (χ3v) is 3.10. The van der Waals surface area contributed by atoms with Crippen LogP contribution in [-0.2, 0) is 4.79 Å². The molecular formula is C11H21N3O2. The first kappa shape index (κ1) is 12.8. The SMILES string of the molecule is CC(C)CNC(=O)C1(C(N)=NO)CC(C)C1. The van der Waals surface area contributed by atoms with E-state index in [0.29, 0.717) is 31.2 Å². The van der Waals surface area contributed by atoms with Gasteiger partial charge in [-0.25, -0.2) is 0 Å². The summed E-state index contributed by atoms with van der Waals surface area (Å²) in [6.45, 7) is 6.73. The van der Waals surface area contributed by atoms with Gasteiger partial charge in [0.05, 0.1) is 0 Å². The van der Waals surface area contributed by atoms with Gasteiger partial charge in [0.2, 0.25) is 5.91 Å². The van der Waals surface area contributed by atoms with Gasteiger partial charge in [0.1, 0.15) is 5.41 Å². The van der Waals surface area contributed by atoms with E-state index in [1.165, 1.54) is 0 Å². The molecule has 16 heavy (non-hydrogen) atoms. The Kier molecular flexibility index (Phi) is 3.78. The van der Waals surface area contributed by atoms with Crippen LogP contribution in [0.1, 0.15) is 33.6 Å². The van der Waals surface area contributed by atoms with Gasteiger partial charge in [-0.3, -0.25) is 4.79 Å². The van der Waals surface area contributed by atoms with Crippen molar-refractivity contribution in [2.75, 3.05) is 6.54 Å². The van der Waals surface area contributed by atoms with Gasteiger partial charge >= 0.3 is 0 Å². The van der Waals surface area contributed by atoms with Gasteiger partial charge in [-0.2, -0.15) is 0 Å². The zero-order valence-corrected chi connectivity index (χ0v) is 10.2. The van der Waals surface area contributed by atoms with Crippen molar-refractivity contribution in [3.8, 4) is 0 Å². The lowest BCUT2D eigenvalue weighted by molar-refractivity contribution is -0.133. The summed E-state index contributed by atoms with van der Waals surface area (Å²) in [6, 6.07) is 0. The summed E-state index contributed by atoms with van der Waals surface area (Å²) in [5.41, 5.74) is 4.85. The Balaban J connectivity index is 2.68. The summed E-state index contributed by atoms with van der Waals surface area (Å²) in [4.78, 5) is 12.0. The minimum absolute atomic E-state index is 0.0341. The molecule has 0 radical (unpaired) electrons. The van der Waals surface area contributed by atoms with Crippen molar-refractivity contribution in [2.24, 2.45) is 28.1 Å². The van der Waals surface area contributed by atoms with Crippen molar-refractivity contribution >= 4 is 11.7 Å². The van der Waals surface area contributed by atoms with E-state index in [2.05, 4.69) is 17.4 Å². The number of oxime groups is 1. The average Bonchev–Trinajstić information content (AvgIpc) is 2.19. The zero-order valence-electron chi connectivity index (χ0n) is 10.2. The lowest BCUT2D eigenvalue weighted by Crippen LogP contribution is -2.57. The Morgan fingerprint density at radius 3 is 2.56 bits per heavy atom. The Hall–Kier alpha value is -1.26. The van der Waals surface area contributed by atoms with Crippen LogP contribution in [0.15, 0.2) is 5.16 Å². The molecule has 0 aromatic heterocycles. The predicted molar refractivity (Wildman–Crippen MR) is 62.1 cm³/mol. The van der Waals surface area contributed by atoms with Crippen LogP contribution in [0.4, 0.5) is 0 Å². The first-order valence-corrected chi connectivity index (χ1v) is 5.68. The Labute approximate surface area is 96.1 Å². The molecule has 0 atom stereocenters. The van der Waals surface area contributed by atoms with E-state index in [0.717, 1.165) is 0 Å². The highest BCUT2D eigenvalue weighted by Crippen LogP contribution is 2.45.